The lowest BCUT2D eigenvalue weighted by atomic mass is 9.75. The van der Waals surface area contributed by atoms with Gasteiger partial charge >= 0.3 is 5.97 Å². The van der Waals surface area contributed by atoms with Crippen molar-refractivity contribution in [2.45, 2.75) is 52.1 Å². The van der Waals surface area contributed by atoms with Crippen LogP contribution in [0.1, 0.15) is 54.6 Å². The smallest absolute Gasteiger partial charge is 0.335 e. The van der Waals surface area contributed by atoms with E-state index in [2.05, 4.69) is 23.6 Å². The number of likely N-dealkylation sites (tertiary alicyclic amines) is 2. The van der Waals surface area contributed by atoms with Gasteiger partial charge in [0.25, 0.3) is 0 Å². The summed E-state index contributed by atoms with van der Waals surface area (Å²) >= 11 is 0. The van der Waals surface area contributed by atoms with Gasteiger partial charge in [-0.05, 0) is 80.1 Å². The molecule has 1 spiro atoms. The van der Waals surface area contributed by atoms with E-state index < -0.39 is 5.97 Å². The summed E-state index contributed by atoms with van der Waals surface area (Å²) in [5.41, 5.74) is 1.88. The Balaban J connectivity index is 1.45. The molecule has 0 aromatic heterocycles. The van der Waals surface area contributed by atoms with Crippen LogP contribution < -0.4 is 0 Å². The quantitative estimate of drug-likeness (QED) is 0.667. The van der Waals surface area contributed by atoms with Crippen molar-refractivity contribution in [2.24, 2.45) is 11.3 Å². The number of rotatable bonds is 7. The van der Waals surface area contributed by atoms with Crippen molar-refractivity contribution < 1.29 is 19.1 Å². The number of carbonyl (C=O) groups is 2. The number of amides is 1. The normalized spacial score (nSPS) is 20.7. The van der Waals surface area contributed by atoms with Crippen molar-refractivity contribution in [1.82, 2.24) is 9.80 Å². The molecule has 0 unspecified atom stereocenters. The maximum absolute atomic E-state index is 13.7. The highest BCUT2D eigenvalue weighted by atomic mass is 19.1. The average molecular weight is 453 g/mol. The van der Waals surface area contributed by atoms with E-state index in [-0.39, 0.29) is 23.2 Å². The SMILES string of the molecule is CC(C)CN1C(=O)C2(CCN(Cc3cccc(C(=O)O)c3)CC2)C[C@@H]1Cc1cccc(F)c1. The van der Waals surface area contributed by atoms with Crippen molar-refractivity contribution in [1.29, 1.82) is 0 Å². The van der Waals surface area contributed by atoms with Gasteiger partial charge in [-0.3, -0.25) is 9.69 Å². The van der Waals surface area contributed by atoms with E-state index in [1.165, 1.54) is 6.07 Å². The lowest BCUT2D eigenvalue weighted by molar-refractivity contribution is -0.139. The summed E-state index contributed by atoms with van der Waals surface area (Å²) < 4.78 is 13.7. The van der Waals surface area contributed by atoms with E-state index in [4.69, 9.17) is 0 Å². The number of piperidine rings is 1. The van der Waals surface area contributed by atoms with Gasteiger partial charge in [-0.25, -0.2) is 9.18 Å². The van der Waals surface area contributed by atoms with Crippen LogP contribution in [-0.2, 0) is 17.8 Å². The van der Waals surface area contributed by atoms with Crippen LogP contribution in [0.2, 0.25) is 0 Å². The zero-order valence-electron chi connectivity index (χ0n) is 19.5. The molecule has 2 fully saturated rings. The first-order chi connectivity index (χ1) is 15.8. The zero-order chi connectivity index (χ0) is 23.6. The van der Waals surface area contributed by atoms with E-state index in [9.17, 15) is 19.1 Å². The van der Waals surface area contributed by atoms with Crippen LogP contribution >= 0.6 is 0 Å². The highest BCUT2D eigenvalue weighted by Crippen LogP contribution is 2.45. The van der Waals surface area contributed by atoms with Gasteiger partial charge in [0.15, 0.2) is 0 Å². The molecule has 0 bridgehead atoms. The fourth-order valence-electron chi connectivity index (χ4n) is 5.48. The maximum atomic E-state index is 13.7. The molecule has 4 rings (SSSR count). The maximum Gasteiger partial charge on any atom is 0.335 e. The second-order valence-electron chi connectivity index (χ2n) is 10.1. The number of carboxylic acids is 1. The summed E-state index contributed by atoms with van der Waals surface area (Å²) in [4.78, 5) is 29.3. The van der Waals surface area contributed by atoms with E-state index in [1.807, 2.05) is 12.1 Å². The van der Waals surface area contributed by atoms with Crippen LogP contribution in [0.5, 0.6) is 0 Å². The van der Waals surface area contributed by atoms with Gasteiger partial charge in [-0.1, -0.05) is 38.1 Å². The lowest BCUT2D eigenvalue weighted by Crippen LogP contribution is -2.45. The molecule has 1 N–H and O–H groups in total. The van der Waals surface area contributed by atoms with Gasteiger partial charge in [0.05, 0.1) is 11.0 Å². The van der Waals surface area contributed by atoms with Crippen LogP contribution in [-0.4, -0.2) is 52.5 Å². The Morgan fingerprint density at radius 3 is 2.48 bits per heavy atom. The van der Waals surface area contributed by atoms with E-state index >= 15 is 0 Å². The second kappa shape index (κ2) is 9.64. The van der Waals surface area contributed by atoms with Crippen molar-refractivity contribution in [2.75, 3.05) is 19.6 Å². The van der Waals surface area contributed by atoms with Gasteiger partial charge in [0.1, 0.15) is 5.82 Å². The van der Waals surface area contributed by atoms with Gasteiger partial charge in [0.2, 0.25) is 5.91 Å². The molecule has 2 aromatic carbocycles. The molecule has 2 heterocycles. The number of nitrogens with zero attached hydrogens (tertiary/aromatic N) is 2. The number of benzene rings is 2. The van der Waals surface area contributed by atoms with Gasteiger partial charge in [-0.2, -0.15) is 0 Å². The molecule has 0 radical (unpaired) electrons. The van der Waals surface area contributed by atoms with Crippen LogP contribution in [0.4, 0.5) is 4.39 Å². The van der Waals surface area contributed by atoms with E-state index in [1.54, 1.807) is 30.3 Å². The van der Waals surface area contributed by atoms with E-state index in [0.717, 1.165) is 50.0 Å². The van der Waals surface area contributed by atoms with Crippen LogP contribution in [0.25, 0.3) is 0 Å². The van der Waals surface area contributed by atoms with Crippen LogP contribution in [0.3, 0.4) is 0 Å². The molecular weight excluding hydrogens is 419 g/mol. The predicted octanol–water partition coefficient (Wildman–Crippen LogP) is 4.61. The molecule has 1 amide bonds. The molecule has 6 heteroatoms. The third-order valence-electron chi connectivity index (χ3n) is 7.10. The number of hydrogen-bond donors (Lipinski definition) is 1. The fourth-order valence-corrected chi connectivity index (χ4v) is 5.48. The lowest BCUT2D eigenvalue weighted by Gasteiger charge is -2.38. The first kappa shape index (κ1) is 23.4. The van der Waals surface area contributed by atoms with Crippen LogP contribution in [0.15, 0.2) is 48.5 Å². The second-order valence-corrected chi connectivity index (χ2v) is 10.1. The predicted molar refractivity (Wildman–Crippen MR) is 125 cm³/mol. The molecule has 176 valence electrons. The van der Waals surface area contributed by atoms with Gasteiger partial charge in [0, 0.05) is 19.1 Å². The Kier molecular flexibility index (Phi) is 6.84. The highest BCUT2D eigenvalue weighted by molar-refractivity contribution is 5.87. The van der Waals surface area contributed by atoms with Crippen molar-refractivity contribution in [3.63, 3.8) is 0 Å². The monoisotopic (exact) mass is 452 g/mol. The Bertz CT molecular complexity index is 1010. The minimum absolute atomic E-state index is 0.0977. The third-order valence-corrected chi connectivity index (χ3v) is 7.10. The first-order valence-electron chi connectivity index (χ1n) is 11.9. The Labute approximate surface area is 195 Å². The molecular formula is C27H33FN2O3. The summed E-state index contributed by atoms with van der Waals surface area (Å²) in [5.74, 6) is -0.520. The fraction of sp³-hybridized carbons (Fsp3) is 0.481. The van der Waals surface area contributed by atoms with Gasteiger partial charge < -0.3 is 10.0 Å². The zero-order valence-corrected chi connectivity index (χ0v) is 19.5. The summed E-state index contributed by atoms with van der Waals surface area (Å²) in [7, 11) is 0. The molecule has 0 aliphatic carbocycles. The molecule has 2 aliphatic heterocycles. The largest absolute Gasteiger partial charge is 0.478 e. The third kappa shape index (κ3) is 5.27. The number of aromatic carboxylic acids is 1. The van der Waals surface area contributed by atoms with Crippen molar-refractivity contribution in [3.05, 3.63) is 71.0 Å². The minimum Gasteiger partial charge on any atom is -0.478 e. The molecule has 1 atom stereocenters. The molecule has 2 aliphatic rings. The Morgan fingerprint density at radius 1 is 1.12 bits per heavy atom. The van der Waals surface area contributed by atoms with E-state index in [0.29, 0.717) is 24.4 Å². The molecule has 2 saturated heterocycles. The summed E-state index contributed by atoms with van der Waals surface area (Å²) in [6, 6.07) is 13.9. The number of hydrogen-bond acceptors (Lipinski definition) is 3. The van der Waals surface area contributed by atoms with Gasteiger partial charge in [-0.15, -0.1) is 0 Å². The average Bonchev–Trinajstić information content (AvgIpc) is 3.01. The summed E-state index contributed by atoms with van der Waals surface area (Å²) in [5, 5.41) is 9.24. The Morgan fingerprint density at radius 2 is 1.82 bits per heavy atom. The van der Waals surface area contributed by atoms with Crippen molar-refractivity contribution >= 4 is 11.9 Å². The number of halogens is 1. The molecule has 33 heavy (non-hydrogen) atoms. The molecule has 5 nitrogen and oxygen atoms in total. The number of carboxylic acid groups (broad SMARTS) is 1. The molecule has 0 saturated carbocycles. The van der Waals surface area contributed by atoms with Crippen molar-refractivity contribution in [3.8, 4) is 0 Å². The topological polar surface area (TPSA) is 60.9 Å². The Hall–Kier alpha value is -2.73. The standard InChI is InChI=1S/C27H33FN2O3/c1-19(2)17-30-24(15-20-5-4-8-23(28)14-20)16-27(26(30)33)9-11-29(12-10-27)18-21-6-3-7-22(13-21)25(31)32/h3-8,13-14,19,24H,9-12,15-18H2,1-2H3,(H,31,32)/t24-/m0/s1. The molecule has 2 aromatic rings. The first-order valence-corrected chi connectivity index (χ1v) is 11.9. The number of carbonyl (C=O) groups excluding carboxylic acids is 1. The summed E-state index contributed by atoms with van der Waals surface area (Å²) in [6.45, 7) is 7.30. The van der Waals surface area contributed by atoms with Crippen LogP contribution in [0, 0.1) is 17.2 Å². The highest BCUT2D eigenvalue weighted by Gasteiger charge is 2.52. The minimum atomic E-state index is -0.916. The summed E-state index contributed by atoms with van der Waals surface area (Å²) in [6.07, 6.45) is 3.11.